The minimum Gasteiger partial charge on any atom is -0.502 e. The Bertz CT molecular complexity index is 848. The van der Waals surface area contributed by atoms with Crippen molar-refractivity contribution in [2.45, 2.75) is 13.5 Å². The van der Waals surface area contributed by atoms with Gasteiger partial charge in [-0.1, -0.05) is 23.2 Å². The highest BCUT2D eigenvalue weighted by atomic mass is 35.5. The Hall–Kier alpha value is -2.50. The second-order valence-electron chi connectivity index (χ2n) is 5.32. The summed E-state index contributed by atoms with van der Waals surface area (Å²) in [6.07, 6.45) is 5.51. The summed E-state index contributed by atoms with van der Waals surface area (Å²) in [5.41, 5.74) is 1.68. The molecule has 0 aliphatic rings. The number of nitrogens with zero attached hydrogens (tertiary/aromatic N) is 1. The highest BCUT2D eigenvalue weighted by Gasteiger charge is 2.09. The van der Waals surface area contributed by atoms with Gasteiger partial charge in [0.1, 0.15) is 0 Å². The van der Waals surface area contributed by atoms with Crippen LogP contribution >= 0.6 is 23.2 Å². The van der Waals surface area contributed by atoms with Gasteiger partial charge in [-0.25, -0.2) is 4.79 Å². The van der Waals surface area contributed by atoms with Gasteiger partial charge in [-0.2, -0.15) is 0 Å². The average Bonchev–Trinajstić information content (AvgIpc) is 2.99. The molecule has 0 bridgehead atoms. The lowest BCUT2D eigenvalue weighted by Crippen LogP contribution is -2.08. The molecule has 7 heteroatoms. The van der Waals surface area contributed by atoms with E-state index in [0.29, 0.717) is 16.6 Å². The third-order valence-corrected chi connectivity index (χ3v) is 3.76. The summed E-state index contributed by atoms with van der Waals surface area (Å²) in [5.74, 6) is -2.20. The fraction of sp³-hybridized carbons (Fsp3) is 0.158. The molecule has 1 heterocycles. The zero-order valence-corrected chi connectivity index (χ0v) is 15.5. The van der Waals surface area contributed by atoms with Gasteiger partial charge in [0, 0.05) is 34.6 Å². The molecule has 136 valence electrons. The molecule has 0 saturated heterocycles. The number of esters is 1. The number of allylic oxidation sites excluding steroid dienone is 2. The van der Waals surface area contributed by atoms with Crippen LogP contribution < -0.4 is 0 Å². The molecule has 1 aromatic heterocycles. The normalized spacial score (nSPS) is 11.7. The Kier molecular flexibility index (Phi) is 7.06. The van der Waals surface area contributed by atoms with Gasteiger partial charge in [0.25, 0.3) is 0 Å². The Labute approximate surface area is 161 Å². The minimum atomic E-state index is -0.935. The molecule has 2 aromatic rings. The van der Waals surface area contributed by atoms with Crippen LogP contribution in [-0.4, -0.2) is 28.0 Å². The number of carbonyl (C=O) groups is 2. The number of aliphatic hydroxyl groups excluding tert-OH is 1. The molecule has 0 amide bonds. The maximum Gasteiger partial charge on any atom is 0.373 e. The monoisotopic (exact) mass is 393 g/mol. The van der Waals surface area contributed by atoms with E-state index in [1.54, 1.807) is 19.1 Å². The van der Waals surface area contributed by atoms with Crippen LogP contribution in [0.15, 0.2) is 54.4 Å². The molecule has 0 radical (unpaired) electrons. The standard InChI is InChI=1S/C19H17Cl2NO4/c1-2-26-19(25)18(24)11-17(23)6-5-16-4-3-7-22(16)12-13-8-14(20)10-15(21)9-13/h3-11,24H,2,12H2,1H3/b6-5+,18-11-. The van der Waals surface area contributed by atoms with Crippen LogP contribution in [0.2, 0.25) is 10.0 Å². The van der Waals surface area contributed by atoms with Crippen molar-refractivity contribution >= 4 is 41.0 Å². The zero-order chi connectivity index (χ0) is 19.1. The molecule has 0 aliphatic heterocycles. The third kappa shape index (κ3) is 5.79. The van der Waals surface area contributed by atoms with Gasteiger partial charge in [0.05, 0.1) is 6.61 Å². The first-order valence-electron chi connectivity index (χ1n) is 7.79. The van der Waals surface area contributed by atoms with Crippen molar-refractivity contribution in [3.8, 4) is 0 Å². The van der Waals surface area contributed by atoms with E-state index in [0.717, 1.165) is 17.3 Å². The van der Waals surface area contributed by atoms with E-state index in [1.165, 1.54) is 6.08 Å². The molecule has 1 aromatic carbocycles. The van der Waals surface area contributed by atoms with E-state index in [1.807, 2.05) is 35.0 Å². The van der Waals surface area contributed by atoms with Gasteiger partial charge in [-0.15, -0.1) is 0 Å². The molecule has 1 N–H and O–H groups in total. The number of ether oxygens (including phenoxy) is 1. The van der Waals surface area contributed by atoms with Gasteiger partial charge in [0.2, 0.25) is 5.76 Å². The Morgan fingerprint density at radius 3 is 2.58 bits per heavy atom. The van der Waals surface area contributed by atoms with Crippen molar-refractivity contribution in [1.82, 2.24) is 4.57 Å². The van der Waals surface area contributed by atoms with E-state index >= 15 is 0 Å². The van der Waals surface area contributed by atoms with Crippen LogP contribution in [0, 0.1) is 0 Å². The van der Waals surface area contributed by atoms with Crippen LogP contribution in [-0.2, 0) is 20.9 Å². The molecule has 0 fully saturated rings. The van der Waals surface area contributed by atoms with E-state index in [4.69, 9.17) is 23.2 Å². The lowest BCUT2D eigenvalue weighted by Gasteiger charge is -2.08. The maximum absolute atomic E-state index is 11.8. The Morgan fingerprint density at radius 2 is 1.92 bits per heavy atom. The van der Waals surface area contributed by atoms with Gasteiger partial charge in [0.15, 0.2) is 5.78 Å². The second-order valence-corrected chi connectivity index (χ2v) is 6.20. The number of aliphatic hydroxyl groups is 1. The minimum absolute atomic E-state index is 0.113. The van der Waals surface area contributed by atoms with Crippen molar-refractivity contribution in [2.24, 2.45) is 0 Å². The number of ketones is 1. The van der Waals surface area contributed by atoms with Gasteiger partial charge in [-0.05, 0) is 55.0 Å². The topological polar surface area (TPSA) is 68.5 Å². The average molecular weight is 394 g/mol. The predicted molar refractivity (Wildman–Crippen MR) is 101 cm³/mol. The summed E-state index contributed by atoms with van der Waals surface area (Å²) in [4.78, 5) is 23.1. The van der Waals surface area contributed by atoms with E-state index in [9.17, 15) is 14.7 Å². The molecule has 5 nitrogen and oxygen atoms in total. The summed E-state index contributed by atoms with van der Waals surface area (Å²) in [7, 11) is 0. The summed E-state index contributed by atoms with van der Waals surface area (Å²) >= 11 is 12.0. The van der Waals surface area contributed by atoms with Crippen molar-refractivity contribution in [3.63, 3.8) is 0 Å². The van der Waals surface area contributed by atoms with Crippen LogP contribution in [0.3, 0.4) is 0 Å². The number of benzene rings is 1. The van der Waals surface area contributed by atoms with E-state index in [2.05, 4.69) is 4.74 Å². The number of hydrogen-bond acceptors (Lipinski definition) is 4. The van der Waals surface area contributed by atoms with E-state index < -0.39 is 17.5 Å². The van der Waals surface area contributed by atoms with Gasteiger partial charge in [-0.3, -0.25) is 4.79 Å². The first-order chi connectivity index (χ1) is 12.4. The van der Waals surface area contributed by atoms with Gasteiger partial charge < -0.3 is 14.4 Å². The summed E-state index contributed by atoms with van der Waals surface area (Å²) in [5, 5.41) is 10.6. The molecule has 0 aliphatic carbocycles. The number of rotatable bonds is 7. The summed E-state index contributed by atoms with van der Waals surface area (Å²) in [6.45, 7) is 2.24. The number of hydrogen-bond donors (Lipinski definition) is 1. The Balaban J connectivity index is 2.10. The third-order valence-electron chi connectivity index (χ3n) is 3.32. The fourth-order valence-electron chi connectivity index (χ4n) is 2.24. The van der Waals surface area contributed by atoms with Crippen molar-refractivity contribution in [2.75, 3.05) is 6.61 Å². The fourth-order valence-corrected chi connectivity index (χ4v) is 2.81. The lowest BCUT2D eigenvalue weighted by molar-refractivity contribution is -0.141. The van der Waals surface area contributed by atoms with Crippen LogP contribution in [0.4, 0.5) is 0 Å². The largest absolute Gasteiger partial charge is 0.502 e. The molecular weight excluding hydrogens is 377 g/mol. The quantitative estimate of drug-likeness (QED) is 0.429. The maximum atomic E-state index is 11.8. The van der Waals surface area contributed by atoms with Crippen LogP contribution in [0.5, 0.6) is 0 Å². The molecule has 26 heavy (non-hydrogen) atoms. The first-order valence-corrected chi connectivity index (χ1v) is 8.54. The van der Waals surface area contributed by atoms with Crippen molar-refractivity contribution in [1.29, 1.82) is 0 Å². The summed E-state index contributed by atoms with van der Waals surface area (Å²) < 4.78 is 6.50. The van der Waals surface area contributed by atoms with E-state index in [-0.39, 0.29) is 6.61 Å². The lowest BCUT2D eigenvalue weighted by atomic mass is 10.2. The summed E-state index contributed by atoms with van der Waals surface area (Å²) in [6, 6.07) is 8.94. The molecular formula is C19H17Cl2NO4. The van der Waals surface area contributed by atoms with Crippen LogP contribution in [0.25, 0.3) is 6.08 Å². The number of halogens is 2. The Morgan fingerprint density at radius 1 is 1.23 bits per heavy atom. The number of aromatic nitrogens is 1. The molecule has 2 rings (SSSR count). The SMILES string of the molecule is CCOC(=O)/C(O)=C/C(=O)/C=C/c1cccn1Cc1cc(Cl)cc(Cl)c1. The van der Waals surface area contributed by atoms with Crippen molar-refractivity contribution in [3.05, 3.63) is 75.7 Å². The number of carbonyl (C=O) groups excluding carboxylic acids is 2. The first kappa shape index (κ1) is 19.8. The highest BCUT2D eigenvalue weighted by molar-refractivity contribution is 6.34. The zero-order valence-electron chi connectivity index (χ0n) is 14.0. The second kappa shape index (κ2) is 9.27. The van der Waals surface area contributed by atoms with Gasteiger partial charge >= 0.3 is 5.97 Å². The molecule has 0 saturated carbocycles. The molecule has 0 spiro atoms. The molecule has 0 atom stereocenters. The highest BCUT2D eigenvalue weighted by Crippen LogP contribution is 2.20. The van der Waals surface area contributed by atoms with Crippen LogP contribution in [0.1, 0.15) is 18.2 Å². The van der Waals surface area contributed by atoms with Crippen molar-refractivity contribution < 1.29 is 19.4 Å². The molecule has 0 unspecified atom stereocenters. The smallest absolute Gasteiger partial charge is 0.373 e. The predicted octanol–water partition coefficient (Wildman–Crippen LogP) is 4.43.